The van der Waals surface area contributed by atoms with Gasteiger partial charge in [-0.1, -0.05) is 0 Å². The molecule has 1 unspecified atom stereocenters. The summed E-state index contributed by atoms with van der Waals surface area (Å²) in [6, 6.07) is 3.70. The number of Topliss-reactive ketones (excluding diaryl/α,β-unsaturated/α-hetero) is 1. The zero-order valence-electron chi connectivity index (χ0n) is 11.0. The van der Waals surface area contributed by atoms with Gasteiger partial charge < -0.3 is 4.74 Å². The van der Waals surface area contributed by atoms with E-state index in [4.69, 9.17) is 4.74 Å². The van der Waals surface area contributed by atoms with Gasteiger partial charge >= 0.3 is 0 Å². The van der Waals surface area contributed by atoms with Crippen molar-refractivity contribution < 1.29 is 9.53 Å². The summed E-state index contributed by atoms with van der Waals surface area (Å²) in [5.41, 5.74) is 0.723. The number of nitrogens with zero attached hydrogens (tertiary/aromatic N) is 1. The molecule has 1 aromatic heterocycles. The van der Waals surface area contributed by atoms with Gasteiger partial charge in [0.05, 0.1) is 5.60 Å². The second-order valence-electron chi connectivity index (χ2n) is 5.44. The van der Waals surface area contributed by atoms with Crippen molar-refractivity contribution in [2.24, 2.45) is 5.92 Å². The monoisotopic (exact) mass is 277 g/mol. The Morgan fingerprint density at radius 3 is 3.00 bits per heavy atom. The lowest BCUT2D eigenvalue weighted by Gasteiger charge is -2.42. The fourth-order valence-corrected chi connectivity index (χ4v) is 4.32. The van der Waals surface area contributed by atoms with Gasteiger partial charge in [0.25, 0.3) is 0 Å². The van der Waals surface area contributed by atoms with Crippen LogP contribution in [-0.4, -0.2) is 34.5 Å². The highest BCUT2D eigenvalue weighted by molar-refractivity contribution is 7.99. The first-order chi connectivity index (χ1) is 9.29. The average Bonchev–Trinajstić information content (AvgIpc) is 2.48. The van der Waals surface area contributed by atoms with Crippen LogP contribution < -0.4 is 0 Å². The predicted octanol–water partition coefficient (Wildman–Crippen LogP) is 2.96. The van der Waals surface area contributed by atoms with E-state index in [2.05, 4.69) is 4.98 Å². The van der Waals surface area contributed by atoms with Crippen molar-refractivity contribution in [2.75, 3.05) is 18.1 Å². The SMILES string of the molecule is O=C(c1cccnc1)C1CCOC2(CCSCC2)C1. The molecule has 0 aliphatic carbocycles. The normalized spacial score (nSPS) is 26.2. The molecule has 2 fully saturated rings. The number of rotatable bonds is 2. The number of hydrogen-bond donors (Lipinski definition) is 0. The first-order valence-electron chi connectivity index (χ1n) is 6.95. The van der Waals surface area contributed by atoms with Crippen LogP contribution in [0.15, 0.2) is 24.5 Å². The molecular formula is C15H19NO2S. The second kappa shape index (κ2) is 5.63. The number of thioether (sulfide) groups is 1. The minimum atomic E-state index is -0.0218. The zero-order valence-corrected chi connectivity index (χ0v) is 11.8. The maximum Gasteiger partial charge on any atom is 0.167 e. The summed E-state index contributed by atoms with van der Waals surface area (Å²) in [6.45, 7) is 0.724. The van der Waals surface area contributed by atoms with Crippen LogP contribution in [0.1, 0.15) is 36.0 Å². The summed E-state index contributed by atoms with van der Waals surface area (Å²) in [7, 11) is 0. The number of ketones is 1. The lowest BCUT2D eigenvalue weighted by molar-refractivity contribution is -0.0959. The number of hydrogen-bond acceptors (Lipinski definition) is 4. The Morgan fingerprint density at radius 1 is 1.42 bits per heavy atom. The van der Waals surface area contributed by atoms with Crippen molar-refractivity contribution >= 4 is 17.5 Å². The molecule has 0 amide bonds. The second-order valence-corrected chi connectivity index (χ2v) is 6.66. The molecule has 1 atom stereocenters. The van der Waals surface area contributed by atoms with Crippen molar-refractivity contribution in [3.05, 3.63) is 30.1 Å². The highest BCUT2D eigenvalue weighted by atomic mass is 32.2. The van der Waals surface area contributed by atoms with Crippen LogP contribution in [0.5, 0.6) is 0 Å². The average molecular weight is 277 g/mol. The molecule has 102 valence electrons. The molecule has 0 saturated carbocycles. The largest absolute Gasteiger partial charge is 0.375 e. The van der Waals surface area contributed by atoms with Crippen LogP contribution in [0.25, 0.3) is 0 Å². The Bertz CT molecular complexity index is 437. The van der Waals surface area contributed by atoms with E-state index >= 15 is 0 Å². The molecule has 4 heteroatoms. The molecule has 3 heterocycles. The van der Waals surface area contributed by atoms with E-state index in [1.165, 1.54) is 0 Å². The minimum absolute atomic E-state index is 0.0218. The van der Waals surface area contributed by atoms with Gasteiger partial charge in [0, 0.05) is 30.5 Å². The molecule has 2 aliphatic rings. The number of ether oxygens (including phenoxy) is 1. The number of carbonyl (C=O) groups is 1. The maximum atomic E-state index is 12.5. The number of carbonyl (C=O) groups excluding carboxylic acids is 1. The third kappa shape index (κ3) is 2.84. The zero-order chi connectivity index (χ0) is 13.1. The van der Waals surface area contributed by atoms with Crippen LogP contribution in [0.4, 0.5) is 0 Å². The molecule has 3 rings (SSSR count). The summed E-state index contributed by atoms with van der Waals surface area (Å²) in [5, 5.41) is 0. The maximum absolute atomic E-state index is 12.5. The van der Waals surface area contributed by atoms with E-state index in [0.717, 1.165) is 49.4 Å². The van der Waals surface area contributed by atoms with E-state index in [9.17, 15) is 4.79 Å². The van der Waals surface area contributed by atoms with Gasteiger partial charge in [-0.3, -0.25) is 9.78 Å². The molecular weight excluding hydrogens is 258 g/mol. The Hall–Kier alpha value is -0.870. The summed E-state index contributed by atoms with van der Waals surface area (Å²) in [4.78, 5) is 16.6. The Balaban J connectivity index is 1.73. The molecule has 3 nitrogen and oxygen atoms in total. The molecule has 19 heavy (non-hydrogen) atoms. The third-order valence-corrected chi connectivity index (χ3v) is 5.20. The topological polar surface area (TPSA) is 39.2 Å². The summed E-state index contributed by atoms with van der Waals surface area (Å²) < 4.78 is 6.04. The predicted molar refractivity (Wildman–Crippen MR) is 76.5 cm³/mol. The van der Waals surface area contributed by atoms with Crippen LogP contribution in [0.2, 0.25) is 0 Å². The van der Waals surface area contributed by atoms with Gasteiger partial charge in [-0.15, -0.1) is 0 Å². The molecule has 1 spiro atoms. The lowest BCUT2D eigenvalue weighted by atomic mass is 9.79. The molecule has 0 bridgehead atoms. The van der Waals surface area contributed by atoms with Crippen molar-refractivity contribution in [3.63, 3.8) is 0 Å². The first-order valence-corrected chi connectivity index (χ1v) is 8.11. The highest BCUT2D eigenvalue weighted by Crippen LogP contribution is 2.40. The highest BCUT2D eigenvalue weighted by Gasteiger charge is 2.40. The smallest absolute Gasteiger partial charge is 0.167 e. The van der Waals surface area contributed by atoms with Gasteiger partial charge in [-0.2, -0.15) is 11.8 Å². The van der Waals surface area contributed by atoms with Crippen molar-refractivity contribution in [1.82, 2.24) is 4.98 Å². The van der Waals surface area contributed by atoms with Crippen LogP contribution in [-0.2, 0) is 4.74 Å². The van der Waals surface area contributed by atoms with Crippen molar-refractivity contribution in [2.45, 2.75) is 31.3 Å². The quantitative estimate of drug-likeness (QED) is 0.779. The van der Waals surface area contributed by atoms with Gasteiger partial charge in [0.15, 0.2) is 5.78 Å². The third-order valence-electron chi connectivity index (χ3n) is 4.21. The summed E-state index contributed by atoms with van der Waals surface area (Å²) in [5.74, 6) is 2.68. The van der Waals surface area contributed by atoms with Crippen LogP contribution >= 0.6 is 11.8 Å². The van der Waals surface area contributed by atoms with Crippen LogP contribution in [0.3, 0.4) is 0 Å². The van der Waals surface area contributed by atoms with Crippen LogP contribution in [0, 0.1) is 5.92 Å². The minimum Gasteiger partial charge on any atom is -0.375 e. The fraction of sp³-hybridized carbons (Fsp3) is 0.600. The molecule has 1 aromatic rings. The van der Waals surface area contributed by atoms with E-state index < -0.39 is 0 Å². The van der Waals surface area contributed by atoms with Crippen molar-refractivity contribution in [1.29, 1.82) is 0 Å². The molecule has 0 N–H and O–H groups in total. The van der Waals surface area contributed by atoms with Gasteiger partial charge in [0.1, 0.15) is 0 Å². The fourth-order valence-electron chi connectivity index (χ4n) is 3.09. The molecule has 0 aromatic carbocycles. The molecule has 2 saturated heterocycles. The Morgan fingerprint density at radius 2 is 2.26 bits per heavy atom. The summed E-state index contributed by atoms with van der Waals surface area (Å²) in [6.07, 6.45) is 7.31. The lowest BCUT2D eigenvalue weighted by Crippen LogP contribution is -2.44. The van der Waals surface area contributed by atoms with E-state index in [1.807, 2.05) is 23.9 Å². The first kappa shape index (κ1) is 13.1. The van der Waals surface area contributed by atoms with E-state index in [1.54, 1.807) is 12.4 Å². The Kier molecular flexibility index (Phi) is 3.89. The van der Waals surface area contributed by atoms with Gasteiger partial charge in [-0.05, 0) is 49.3 Å². The van der Waals surface area contributed by atoms with Gasteiger partial charge in [0.2, 0.25) is 0 Å². The molecule has 0 radical (unpaired) electrons. The molecule has 2 aliphatic heterocycles. The standard InChI is InChI=1S/C15H19NO2S/c17-14(13-2-1-6-16-11-13)12-3-7-18-15(10-12)4-8-19-9-5-15/h1-2,6,11-12H,3-5,7-10H2. The number of aromatic nitrogens is 1. The Labute approximate surface area is 118 Å². The summed E-state index contributed by atoms with van der Waals surface area (Å²) >= 11 is 1.99. The van der Waals surface area contributed by atoms with Gasteiger partial charge in [-0.25, -0.2) is 0 Å². The number of pyridine rings is 1. The van der Waals surface area contributed by atoms with E-state index in [-0.39, 0.29) is 17.3 Å². The van der Waals surface area contributed by atoms with E-state index in [0.29, 0.717) is 0 Å². The van der Waals surface area contributed by atoms with Crippen molar-refractivity contribution in [3.8, 4) is 0 Å².